The van der Waals surface area contributed by atoms with Crippen molar-refractivity contribution in [2.24, 2.45) is 0 Å². The molecule has 336 valence electrons. The highest BCUT2D eigenvalue weighted by Gasteiger charge is 2.25. The number of likely N-dealkylation sites (N-methyl/N-ethyl adjacent to an activating group) is 1. The third-order valence-corrected chi connectivity index (χ3v) is 10.4. The Morgan fingerprint density at radius 1 is 0.517 bits per heavy atom. The van der Waals surface area contributed by atoms with Crippen molar-refractivity contribution in [3.05, 3.63) is 48.6 Å². The van der Waals surface area contributed by atoms with Gasteiger partial charge in [0.2, 0.25) is 0 Å². The van der Waals surface area contributed by atoms with Crippen LogP contribution in [0.3, 0.4) is 0 Å². The van der Waals surface area contributed by atoms with Crippen molar-refractivity contribution in [1.29, 1.82) is 0 Å². The number of quaternary nitrogens is 1. The lowest BCUT2D eigenvalue weighted by atomic mass is 10.1. The second kappa shape index (κ2) is 41.0. The molecule has 0 fully saturated rings. The number of unbranched alkanes of at least 4 members (excludes halogenated alkanes) is 20. The van der Waals surface area contributed by atoms with Crippen LogP contribution in [-0.4, -0.2) is 75.5 Å². The van der Waals surface area contributed by atoms with Gasteiger partial charge >= 0.3 is 11.9 Å². The third-order valence-electron chi connectivity index (χ3n) is 10.4. The van der Waals surface area contributed by atoms with Gasteiger partial charge in [0, 0.05) is 19.3 Å². The lowest BCUT2D eigenvalue weighted by molar-refractivity contribution is -0.889. The fourth-order valence-corrected chi connectivity index (χ4v) is 6.72. The summed E-state index contributed by atoms with van der Waals surface area (Å²) in [7, 11) is 5.40. The Morgan fingerprint density at radius 2 is 0.914 bits per heavy atom. The topological polar surface area (TPSA) is 102 Å². The molecule has 0 heterocycles. The molecule has 8 heteroatoms. The highest BCUT2D eigenvalue weighted by Crippen LogP contribution is 2.14. The SMILES string of the molecule is CCCCC/C=C\C/C=C\C/C=C\CCCCCCCCC(=O)OC(COCCC(C(=O)[O-])[N+](C)(C)C)COC(=O)CCCCCCC/C=C\CCCCCCCC. The summed E-state index contributed by atoms with van der Waals surface area (Å²) in [5, 5.41) is 11.6. The van der Waals surface area contributed by atoms with Gasteiger partial charge in [0.25, 0.3) is 0 Å². The first-order valence-electron chi connectivity index (χ1n) is 23.7. The molecular weight excluding hydrogens is 727 g/mol. The van der Waals surface area contributed by atoms with Gasteiger partial charge in [-0.1, -0.05) is 152 Å². The van der Waals surface area contributed by atoms with E-state index in [9.17, 15) is 19.5 Å². The largest absolute Gasteiger partial charge is 0.544 e. The molecule has 0 saturated carbocycles. The van der Waals surface area contributed by atoms with Crippen LogP contribution in [0, 0.1) is 0 Å². The second-order valence-electron chi connectivity index (χ2n) is 17.0. The van der Waals surface area contributed by atoms with Crippen LogP contribution in [0.4, 0.5) is 0 Å². The number of carboxylic acids is 1. The smallest absolute Gasteiger partial charge is 0.306 e. The molecule has 0 bridgehead atoms. The summed E-state index contributed by atoms with van der Waals surface area (Å²) in [5.74, 6) is -1.76. The van der Waals surface area contributed by atoms with Crippen LogP contribution in [0.15, 0.2) is 48.6 Å². The van der Waals surface area contributed by atoms with Gasteiger partial charge < -0.3 is 28.6 Å². The maximum atomic E-state index is 12.7. The Labute approximate surface area is 356 Å². The van der Waals surface area contributed by atoms with E-state index in [0.29, 0.717) is 12.8 Å². The lowest BCUT2D eigenvalue weighted by Gasteiger charge is -2.34. The zero-order chi connectivity index (χ0) is 42.8. The van der Waals surface area contributed by atoms with Gasteiger partial charge in [-0.3, -0.25) is 9.59 Å². The Balaban J connectivity index is 4.35. The normalized spacial score (nSPS) is 13.3. The lowest BCUT2D eigenvalue weighted by Crippen LogP contribution is -2.55. The van der Waals surface area contributed by atoms with Gasteiger partial charge in [0.15, 0.2) is 6.10 Å². The molecule has 0 aliphatic heterocycles. The minimum atomic E-state index is -1.13. The van der Waals surface area contributed by atoms with Gasteiger partial charge in [0.05, 0.1) is 40.3 Å². The molecule has 0 radical (unpaired) electrons. The van der Waals surface area contributed by atoms with Crippen LogP contribution in [0.25, 0.3) is 0 Å². The average Bonchev–Trinajstić information content (AvgIpc) is 3.18. The first kappa shape index (κ1) is 55.3. The highest BCUT2D eigenvalue weighted by atomic mass is 16.6. The van der Waals surface area contributed by atoms with E-state index in [1.807, 2.05) is 0 Å². The quantitative estimate of drug-likeness (QED) is 0.0262. The van der Waals surface area contributed by atoms with E-state index in [1.54, 1.807) is 21.1 Å². The molecule has 0 N–H and O–H groups in total. The number of nitrogens with zero attached hydrogens (tertiary/aromatic N) is 1. The summed E-state index contributed by atoms with van der Waals surface area (Å²) < 4.78 is 17.2. The fraction of sp³-hybridized carbons (Fsp3) is 0.780. The summed E-state index contributed by atoms with van der Waals surface area (Å²) >= 11 is 0. The molecule has 0 aromatic heterocycles. The number of ether oxygens (including phenoxy) is 3. The molecule has 8 nitrogen and oxygen atoms in total. The number of aliphatic carboxylic acids is 1. The van der Waals surface area contributed by atoms with Crippen LogP contribution in [0.2, 0.25) is 0 Å². The number of hydrogen-bond acceptors (Lipinski definition) is 7. The van der Waals surface area contributed by atoms with Gasteiger partial charge in [-0.25, -0.2) is 0 Å². The Hall–Kier alpha value is -2.71. The minimum absolute atomic E-state index is 0.0323. The Bertz CT molecular complexity index is 1090. The van der Waals surface area contributed by atoms with E-state index in [1.165, 1.54) is 89.9 Å². The molecule has 2 atom stereocenters. The molecule has 58 heavy (non-hydrogen) atoms. The fourth-order valence-electron chi connectivity index (χ4n) is 6.72. The summed E-state index contributed by atoms with van der Waals surface area (Å²) in [6, 6.07) is -0.730. The van der Waals surface area contributed by atoms with E-state index in [-0.39, 0.29) is 42.7 Å². The number of rotatable bonds is 42. The van der Waals surface area contributed by atoms with Crippen LogP contribution >= 0.6 is 0 Å². The number of carboxylic acid groups (broad SMARTS) is 1. The van der Waals surface area contributed by atoms with Gasteiger partial charge in [-0.05, 0) is 77.0 Å². The summed E-state index contributed by atoms with van der Waals surface area (Å²) in [6.07, 6.45) is 48.4. The predicted octanol–water partition coefficient (Wildman–Crippen LogP) is 11.9. The predicted molar refractivity (Wildman–Crippen MR) is 240 cm³/mol. The van der Waals surface area contributed by atoms with E-state index in [0.717, 1.165) is 77.0 Å². The average molecular weight is 816 g/mol. The Morgan fingerprint density at radius 3 is 1.40 bits per heavy atom. The van der Waals surface area contributed by atoms with Crippen molar-refractivity contribution in [2.45, 2.75) is 212 Å². The molecule has 2 unspecified atom stereocenters. The molecule has 0 amide bonds. The molecular formula is C50H89NO7. The molecule has 0 saturated heterocycles. The first-order valence-corrected chi connectivity index (χ1v) is 23.7. The van der Waals surface area contributed by atoms with E-state index < -0.39 is 18.1 Å². The summed E-state index contributed by atoms with van der Waals surface area (Å²) in [4.78, 5) is 36.9. The number of hydrogen-bond donors (Lipinski definition) is 0. The molecule has 0 aliphatic carbocycles. The number of allylic oxidation sites excluding steroid dienone is 8. The number of esters is 2. The van der Waals surface area contributed by atoms with Crippen LogP contribution in [0.5, 0.6) is 0 Å². The van der Waals surface area contributed by atoms with Crippen molar-refractivity contribution < 1.29 is 38.2 Å². The Kier molecular flexibility index (Phi) is 39.1. The van der Waals surface area contributed by atoms with Crippen molar-refractivity contribution in [1.82, 2.24) is 0 Å². The first-order chi connectivity index (χ1) is 28.1. The van der Waals surface area contributed by atoms with Crippen molar-refractivity contribution >= 4 is 17.9 Å². The molecule has 0 rings (SSSR count). The summed E-state index contributed by atoms with van der Waals surface area (Å²) in [6.45, 7) is 4.61. The monoisotopic (exact) mass is 816 g/mol. The maximum Gasteiger partial charge on any atom is 0.306 e. The number of carbonyl (C=O) groups is 3. The van der Waals surface area contributed by atoms with E-state index in [2.05, 4.69) is 62.5 Å². The van der Waals surface area contributed by atoms with Gasteiger partial charge in [0.1, 0.15) is 12.6 Å². The van der Waals surface area contributed by atoms with Crippen LogP contribution < -0.4 is 5.11 Å². The van der Waals surface area contributed by atoms with Crippen LogP contribution in [-0.2, 0) is 28.6 Å². The van der Waals surface area contributed by atoms with Crippen molar-refractivity contribution in [3.63, 3.8) is 0 Å². The standard InChI is InChI=1S/C50H89NO7/c1-6-8-10-12-14-16-18-20-22-23-24-25-27-29-31-33-35-37-39-41-49(53)58-46(44-56-43-42-47(50(54)55)51(3,4)5)45-57-48(52)40-38-36-34-32-30-28-26-21-19-17-15-13-11-9-7-2/h14,16,20-22,24-26,46-47H,6-13,15,17-19,23,27-45H2,1-5H3/b16-14-,22-20-,25-24-,26-21-. The van der Waals surface area contributed by atoms with Crippen molar-refractivity contribution in [2.75, 3.05) is 41.0 Å². The molecule has 0 aromatic carbocycles. The minimum Gasteiger partial charge on any atom is -0.544 e. The zero-order valence-corrected chi connectivity index (χ0v) is 38.2. The third kappa shape index (κ3) is 38.8. The van der Waals surface area contributed by atoms with E-state index in [4.69, 9.17) is 14.2 Å². The second-order valence-corrected chi connectivity index (χ2v) is 17.0. The van der Waals surface area contributed by atoms with Gasteiger partial charge in [-0.2, -0.15) is 0 Å². The number of carbonyl (C=O) groups excluding carboxylic acids is 3. The van der Waals surface area contributed by atoms with Crippen molar-refractivity contribution in [3.8, 4) is 0 Å². The zero-order valence-electron chi connectivity index (χ0n) is 38.2. The van der Waals surface area contributed by atoms with Crippen LogP contribution in [0.1, 0.15) is 200 Å². The summed E-state index contributed by atoms with van der Waals surface area (Å²) in [5.41, 5.74) is 0. The maximum absolute atomic E-state index is 12.7. The molecule has 0 aromatic rings. The van der Waals surface area contributed by atoms with Gasteiger partial charge in [-0.15, -0.1) is 0 Å². The molecule has 0 aliphatic rings. The highest BCUT2D eigenvalue weighted by molar-refractivity contribution is 5.70. The van der Waals surface area contributed by atoms with E-state index >= 15 is 0 Å². The molecule has 0 spiro atoms.